The molecule has 2 fully saturated rings. The van der Waals surface area contributed by atoms with E-state index in [9.17, 15) is 0 Å². The smallest absolute Gasteiger partial charge is 0.00408 e. The lowest BCUT2D eigenvalue weighted by Gasteiger charge is -2.50. The molecule has 1 unspecified atom stereocenters. The van der Waals surface area contributed by atoms with Crippen LogP contribution in [0.3, 0.4) is 0 Å². The van der Waals surface area contributed by atoms with E-state index >= 15 is 0 Å². The molecule has 1 saturated carbocycles. The predicted molar refractivity (Wildman–Crippen MR) is 98.7 cm³/mol. The van der Waals surface area contributed by atoms with E-state index in [0.717, 1.165) is 5.92 Å². The summed E-state index contributed by atoms with van der Waals surface area (Å²) in [5.41, 5.74) is 2.51. The quantitative estimate of drug-likeness (QED) is 0.759. The van der Waals surface area contributed by atoms with E-state index in [2.05, 4.69) is 68.1 Å². The molecule has 2 aromatic carbocycles. The third kappa shape index (κ3) is 2.50. The second-order valence-electron chi connectivity index (χ2n) is 8.68. The second kappa shape index (κ2) is 5.34. The molecule has 122 valence electrons. The molecule has 0 amide bonds. The second-order valence-corrected chi connectivity index (χ2v) is 8.68. The molecule has 23 heavy (non-hydrogen) atoms. The lowest BCUT2D eigenvalue weighted by Crippen LogP contribution is -2.52. The molecule has 1 aliphatic carbocycles. The number of benzene rings is 2. The van der Waals surface area contributed by atoms with Gasteiger partial charge in [-0.2, -0.15) is 0 Å². The minimum atomic E-state index is 0.513. The summed E-state index contributed by atoms with van der Waals surface area (Å²) in [6, 6.07) is 15.6. The summed E-state index contributed by atoms with van der Waals surface area (Å²) in [5.74, 6) is 0.887. The topological polar surface area (TPSA) is 3.24 Å². The molecule has 0 aromatic heterocycles. The summed E-state index contributed by atoms with van der Waals surface area (Å²) in [7, 11) is 0. The zero-order valence-corrected chi connectivity index (χ0v) is 14.8. The van der Waals surface area contributed by atoms with Crippen LogP contribution < -0.4 is 0 Å². The normalized spacial score (nSPS) is 30.0. The lowest BCUT2D eigenvalue weighted by atomic mass is 9.63. The fraction of sp³-hybridized carbons (Fsp3) is 0.545. The molecular weight excluding hydrogens is 278 g/mol. The van der Waals surface area contributed by atoms with Crippen molar-refractivity contribution in [2.75, 3.05) is 19.6 Å². The fourth-order valence-electron chi connectivity index (χ4n) is 4.99. The Kier molecular flexibility index (Phi) is 3.53. The van der Waals surface area contributed by atoms with Gasteiger partial charge in [-0.1, -0.05) is 63.2 Å². The summed E-state index contributed by atoms with van der Waals surface area (Å²) in [5, 5.41) is 2.72. The van der Waals surface area contributed by atoms with E-state index in [1.54, 1.807) is 0 Å². The first-order valence-electron chi connectivity index (χ1n) is 9.18. The van der Waals surface area contributed by atoms with Crippen molar-refractivity contribution in [3.8, 4) is 0 Å². The van der Waals surface area contributed by atoms with Gasteiger partial charge in [-0.3, -0.25) is 0 Å². The van der Waals surface area contributed by atoms with Crippen molar-refractivity contribution < 1.29 is 0 Å². The van der Waals surface area contributed by atoms with Crippen molar-refractivity contribution in [2.45, 2.75) is 40.0 Å². The monoisotopic (exact) mass is 307 g/mol. The van der Waals surface area contributed by atoms with Gasteiger partial charge in [-0.05, 0) is 52.3 Å². The number of likely N-dealkylation sites (tertiary alicyclic amines) is 1. The molecule has 2 aliphatic rings. The van der Waals surface area contributed by atoms with Gasteiger partial charge >= 0.3 is 0 Å². The molecule has 4 rings (SSSR count). The number of hydrogen-bond donors (Lipinski definition) is 0. The van der Waals surface area contributed by atoms with Gasteiger partial charge in [0.25, 0.3) is 0 Å². The average molecular weight is 307 g/mol. The zero-order valence-electron chi connectivity index (χ0n) is 14.8. The summed E-state index contributed by atoms with van der Waals surface area (Å²) < 4.78 is 0. The van der Waals surface area contributed by atoms with E-state index in [1.807, 2.05) is 0 Å². The maximum absolute atomic E-state index is 2.73. The van der Waals surface area contributed by atoms with Crippen LogP contribution >= 0.6 is 0 Å². The first-order chi connectivity index (χ1) is 11.0. The molecule has 2 atom stereocenters. The Morgan fingerprint density at radius 3 is 2.61 bits per heavy atom. The van der Waals surface area contributed by atoms with Crippen molar-refractivity contribution in [3.05, 3.63) is 48.0 Å². The van der Waals surface area contributed by atoms with Crippen LogP contribution in [0.25, 0.3) is 10.8 Å². The average Bonchev–Trinajstić information content (AvgIpc) is 2.68. The molecule has 2 aromatic rings. The summed E-state index contributed by atoms with van der Waals surface area (Å²) >= 11 is 0. The van der Waals surface area contributed by atoms with Gasteiger partial charge in [0.05, 0.1) is 0 Å². The van der Waals surface area contributed by atoms with Crippen LogP contribution in [0, 0.1) is 16.7 Å². The number of nitrogens with zero attached hydrogens (tertiary/aromatic N) is 1. The van der Waals surface area contributed by atoms with Gasteiger partial charge in [0.1, 0.15) is 0 Å². The number of hydrogen-bond acceptors (Lipinski definition) is 1. The highest BCUT2D eigenvalue weighted by molar-refractivity contribution is 5.82. The van der Waals surface area contributed by atoms with E-state index in [1.165, 1.54) is 55.2 Å². The SMILES string of the molecule is CC1(C)C2CC[C@@]1(C)CN(CCc1ccc3ccccc3c1)C2. The van der Waals surface area contributed by atoms with E-state index in [4.69, 9.17) is 0 Å². The number of fused-ring (bicyclic) bond motifs is 3. The standard InChI is InChI=1S/C22H29N/c1-21(2)20-10-12-22(21,3)16-23(15-20)13-11-17-8-9-18-6-4-5-7-19(18)14-17/h4-9,14,20H,10-13,15-16H2,1-3H3/t20?,22-/m0/s1. The van der Waals surface area contributed by atoms with Gasteiger partial charge in [-0.25, -0.2) is 0 Å². The Hall–Kier alpha value is -1.34. The maximum atomic E-state index is 2.73. The Morgan fingerprint density at radius 2 is 1.83 bits per heavy atom. The summed E-state index contributed by atoms with van der Waals surface area (Å²) in [6.45, 7) is 11.3. The Bertz CT molecular complexity index is 717. The van der Waals surface area contributed by atoms with Crippen LogP contribution in [-0.4, -0.2) is 24.5 Å². The highest BCUT2D eigenvalue weighted by atomic mass is 15.2. The molecule has 1 nitrogen and oxygen atoms in total. The molecule has 1 heteroatoms. The van der Waals surface area contributed by atoms with Crippen LogP contribution in [0.4, 0.5) is 0 Å². The van der Waals surface area contributed by atoms with Gasteiger partial charge in [-0.15, -0.1) is 0 Å². The largest absolute Gasteiger partial charge is 0.302 e. The minimum absolute atomic E-state index is 0.513. The molecule has 0 spiro atoms. The molecular formula is C22H29N. The molecule has 1 heterocycles. The predicted octanol–water partition coefficient (Wildman–Crippen LogP) is 5.14. The van der Waals surface area contributed by atoms with Crippen LogP contribution in [0.15, 0.2) is 42.5 Å². The highest BCUT2D eigenvalue weighted by Gasteiger charge is 2.55. The number of piperidine rings is 1. The third-order valence-corrected chi connectivity index (χ3v) is 7.20. The highest BCUT2D eigenvalue weighted by Crippen LogP contribution is 2.58. The molecule has 1 aliphatic heterocycles. The molecule has 1 saturated heterocycles. The van der Waals surface area contributed by atoms with Crippen molar-refractivity contribution in [1.82, 2.24) is 4.90 Å². The Labute approximate surface area is 140 Å². The van der Waals surface area contributed by atoms with Gasteiger partial charge in [0.15, 0.2) is 0 Å². The van der Waals surface area contributed by atoms with Gasteiger partial charge in [0, 0.05) is 19.6 Å². The Balaban J connectivity index is 1.45. The fourth-order valence-corrected chi connectivity index (χ4v) is 4.99. The van der Waals surface area contributed by atoms with Gasteiger partial charge in [0.2, 0.25) is 0 Å². The molecule has 0 N–H and O–H groups in total. The van der Waals surface area contributed by atoms with Crippen LogP contribution in [0.1, 0.15) is 39.2 Å². The third-order valence-electron chi connectivity index (χ3n) is 7.20. The van der Waals surface area contributed by atoms with Gasteiger partial charge < -0.3 is 4.90 Å². The van der Waals surface area contributed by atoms with E-state index in [-0.39, 0.29) is 0 Å². The molecule has 0 radical (unpaired) electrons. The van der Waals surface area contributed by atoms with E-state index in [0.29, 0.717) is 10.8 Å². The molecule has 2 bridgehead atoms. The van der Waals surface area contributed by atoms with Crippen molar-refractivity contribution in [2.24, 2.45) is 16.7 Å². The van der Waals surface area contributed by atoms with Crippen LogP contribution in [-0.2, 0) is 6.42 Å². The Morgan fingerprint density at radius 1 is 1.04 bits per heavy atom. The summed E-state index contributed by atoms with van der Waals surface area (Å²) in [6.07, 6.45) is 4.02. The minimum Gasteiger partial charge on any atom is -0.302 e. The van der Waals surface area contributed by atoms with Crippen molar-refractivity contribution in [1.29, 1.82) is 0 Å². The van der Waals surface area contributed by atoms with Crippen LogP contribution in [0.2, 0.25) is 0 Å². The summed E-state index contributed by atoms with van der Waals surface area (Å²) in [4.78, 5) is 2.73. The van der Waals surface area contributed by atoms with Crippen molar-refractivity contribution >= 4 is 10.8 Å². The zero-order chi connectivity index (χ0) is 16.1. The first-order valence-corrected chi connectivity index (χ1v) is 9.18. The number of rotatable bonds is 3. The maximum Gasteiger partial charge on any atom is 0.00408 e. The van der Waals surface area contributed by atoms with Crippen molar-refractivity contribution in [3.63, 3.8) is 0 Å². The first kappa shape index (κ1) is 15.2. The van der Waals surface area contributed by atoms with Crippen LogP contribution in [0.5, 0.6) is 0 Å². The lowest BCUT2D eigenvalue weighted by molar-refractivity contribution is -0.0169. The van der Waals surface area contributed by atoms with E-state index < -0.39 is 0 Å².